The summed E-state index contributed by atoms with van der Waals surface area (Å²) in [4.78, 5) is 1.21. The van der Waals surface area contributed by atoms with E-state index in [1.807, 2.05) is 19.1 Å². The lowest BCUT2D eigenvalue weighted by molar-refractivity contribution is -0.0605. The van der Waals surface area contributed by atoms with Gasteiger partial charge >= 0.3 is 0 Å². The first-order chi connectivity index (χ1) is 8.38. The fraction of sp³-hybridized carbons (Fsp3) is 0.286. The largest absolute Gasteiger partial charge is 0.462 e. The van der Waals surface area contributed by atoms with Crippen LogP contribution in [0.5, 0.6) is 5.75 Å². The van der Waals surface area contributed by atoms with Gasteiger partial charge < -0.3 is 9.47 Å². The molecule has 0 fully saturated rings. The number of ether oxygens (including phenoxy) is 2. The molecule has 3 heteroatoms. The van der Waals surface area contributed by atoms with E-state index in [9.17, 15) is 0 Å². The van der Waals surface area contributed by atoms with Crippen molar-refractivity contribution in [3.05, 3.63) is 36.4 Å². The summed E-state index contributed by atoms with van der Waals surface area (Å²) in [6.45, 7) is 2.68. The molecule has 17 heavy (non-hydrogen) atoms. The molecule has 1 heterocycles. The van der Waals surface area contributed by atoms with Gasteiger partial charge in [0.1, 0.15) is 5.75 Å². The zero-order valence-electron chi connectivity index (χ0n) is 9.68. The first kappa shape index (κ1) is 10.9. The minimum absolute atomic E-state index is 0.122. The lowest BCUT2D eigenvalue weighted by atomic mass is 10.1. The maximum atomic E-state index is 5.94. The van der Waals surface area contributed by atoms with Crippen LogP contribution in [0.15, 0.2) is 41.3 Å². The SMILES string of the molecule is CCOC1CSc2ccc3ccccc3c2O1. The predicted octanol–water partition coefficient (Wildman–Crippen LogP) is 3.69. The van der Waals surface area contributed by atoms with E-state index < -0.39 is 0 Å². The van der Waals surface area contributed by atoms with Crippen molar-refractivity contribution in [3.63, 3.8) is 0 Å². The average molecular weight is 246 g/mol. The molecule has 2 aromatic rings. The van der Waals surface area contributed by atoms with Crippen LogP contribution in [-0.4, -0.2) is 18.6 Å². The molecule has 2 nitrogen and oxygen atoms in total. The van der Waals surface area contributed by atoms with Crippen LogP contribution in [0.3, 0.4) is 0 Å². The zero-order valence-corrected chi connectivity index (χ0v) is 10.5. The van der Waals surface area contributed by atoms with E-state index in [2.05, 4.69) is 24.3 Å². The summed E-state index contributed by atoms with van der Waals surface area (Å²) in [5.74, 6) is 1.83. The standard InChI is InChI=1S/C14H14O2S/c1-2-15-13-9-17-12-8-7-10-5-3-4-6-11(10)14(12)16-13/h3-8,13H,2,9H2,1H3. The van der Waals surface area contributed by atoms with Crippen molar-refractivity contribution in [1.29, 1.82) is 0 Å². The molecule has 1 aliphatic rings. The van der Waals surface area contributed by atoms with Crippen LogP contribution in [0.4, 0.5) is 0 Å². The van der Waals surface area contributed by atoms with Gasteiger partial charge in [-0.1, -0.05) is 30.3 Å². The van der Waals surface area contributed by atoms with Crippen LogP contribution >= 0.6 is 11.8 Å². The van der Waals surface area contributed by atoms with Crippen molar-refractivity contribution >= 4 is 22.5 Å². The Bertz CT molecular complexity index is 539. The van der Waals surface area contributed by atoms with Crippen LogP contribution in [0.2, 0.25) is 0 Å². The van der Waals surface area contributed by atoms with Crippen molar-refractivity contribution in [1.82, 2.24) is 0 Å². The molecule has 0 radical (unpaired) electrons. The van der Waals surface area contributed by atoms with Crippen molar-refractivity contribution in [2.24, 2.45) is 0 Å². The van der Waals surface area contributed by atoms with Gasteiger partial charge in [-0.3, -0.25) is 0 Å². The normalized spacial score (nSPS) is 18.8. The molecule has 88 valence electrons. The van der Waals surface area contributed by atoms with Gasteiger partial charge in [0.25, 0.3) is 0 Å². The molecule has 2 aromatic carbocycles. The van der Waals surface area contributed by atoms with E-state index in [1.165, 1.54) is 15.7 Å². The zero-order chi connectivity index (χ0) is 11.7. The van der Waals surface area contributed by atoms with E-state index >= 15 is 0 Å². The molecule has 0 saturated carbocycles. The summed E-state index contributed by atoms with van der Waals surface area (Å²) in [6.07, 6.45) is -0.122. The Hall–Kier alpha value is -1.19. The highest BCUT2D eigenvalue weighted by Crippen LogP contribution is 2.40. The van der Waals surface area contributed by atoms with Gasteiger partial charge in [0.05, 0.1) is 10.6 Å². The number of hydrogen-bond donors (Lipinski definition) is 0. The predicted molar refractivity (Wildman–Crippen MR) is 70.7 cm³/mol. The summed E-state index contributed by atoms with van der Waals surface area (Å²) in [6, 6.07) is 12.6. The highest BCUT2D eigenvalue weighted by molar-refractivity contribution is 7.99. The molecular weight excluding hydrogens is 232 g/mol. The molecule has 0 aromatic heterocycles. The van der Waals surface area contributed by atoms with Crippen LogP contribution in [0.25, 0.3) is 10.8 Å². The first-order valence-electron chi connectivity index (χ1n) is 5.81. The average Bonchev–Trinajstić information content (AvgIpc) is 2.39. The molecule has 0 amide bonds. The topological polar surface area (TPSA) is 18.5 Å². The van der Waals surface area contributed by atoms with E-state index in [4.69, 9.17) is 9.47 Å². The Kier molecular flexibility index (Phi) is 2.95. The maximum absolute atomic E-state index is 5.94. The molecule has 0 saturated heterocycles. The highest BCUT2D eigenvalue weighted by atomic mass is 32.2. The Labute approximate surface area is 105 Å². The molecule has 0 N–H and O–H groups in total. The molecule has 0 spiro atoms. The fourth-order valence-electron chi connectivity index (χ4n) is 2.05. The van der Waals surface area contributed by atoms with Gasteiger partial charge in [0, 0.05) is 12.0 Å². The lowest BCUT2D eigenvalue weighted by Crippen LogP contribution is -2.26. The molecular formula is C14H14O2S. The summed E-state index contributed by atoms with van der Waals surface area (Å²) in [5.41, 5.74) is 0. The second kappa shape index (κ2) is 4.59. The van der Waals surface area contributed by atoms with Crippen molar-refractivity contribution in [3.8, 4) is 5.75 Å². The van der Waals surface area contributed by atoms with Gasteiger partial charge in [-0.15, -0.1) is 11.8 Å². The number of thioether (sulfide) groups is 1. The summed E-state index contributed by atoms with van der Waals surface area (Å²) < 4.78 is 11.5. The molecule has 0 aliphatic carbocycles. The third-order valence-electron chi connectivity index (χ3n) is 2.82. The summed E-state index contributed by atoms with van der Waals surface area (Å²) >= 11 is 1.80. The van der Waals surface area contributed by atoms with Crippen LogP contribution < -0.4 is 4.74 Å². The van der Waals surface area contributed by atoms with Crippen LogP contribution in [0, 0.1) is 0 Å². The molecule has 1 unspecified atom stereocenters. The van der Waals surface area contributed by atoms with Gasteiger partial charge in [0.2, 0.25) is 6.29 Å². The second-order valence-electron chi connectivity index (χ2n) is 3.93. The van der Waals surface area contributed by atoms with Gasteiger partial charge in [-0.25, -0.2) is 0 Å². The Morgan fingerprint density at radius 3 is 3.06 bits per heavy atom. The van der Waals surface area contributed by atoms with Crippen molar-refractivity contribution in [2.75, 3.05) is 12.4 Å². The van der Waals surface area contributed by atoms with Crippen LogP contribution in [-0.2, 0) is 4.74 Å². The van der Waals surface area contributed by atoms with Crippen molar-refractivity contribution < 1.29 is 9.47 Å². The quantitative estimate of drug-likeness (QED) is 0.805. The third kappa shape index (κ3) is 2.01. The van der Waals surface area contributed by atoms with Gasteiger partial charge in [-0.2, -0.15) is 0 Å². The highest BCUT2D eigenvalue weighted by Gasteiger charge is 2.22. The molecule has 3 rings (SSSR count). The van der Waals surface area contributed by atoms with E-state index in [0.717, 1.165) is 11.5 Å². The third-order valence-corrected chi connectivity index (χ3v) is 3.89. The fourth-order valence-corrected chi connectivity index (χ4v) is 2.98. The Morgan fingerprint density at radius 2 is 2.18 bits per heavy atom. The lowest BCUT2D eigenvalue weighted by Gasteiger charge is -2.26. The molecule has 1 aliphatic heterocycles. The first-order valence-corrected chi connectivity index (χ1v) is 6.80. The second-order valence-corrected chi connectivity index (χ2v) is 4.99. The van der Waals surface area contributed by atoms with Crippen LogP contribution in [0.1, 0.15) is 6.92 Å². The van der Waals surface area contributed by atoms with Crippen molar-refractivity contribution in [2.45, 2.75) is 18.1 Å². The summed E-state index contributed by atoms with van der Waals surface area (Å²) in [7, 11) is 0. The number of rotatable bonds is 2. The molecule has 1 atom stereocenters. The smallest absolute Gasteiger partial charge is 0.209 e. The number of fused-ring (bicyclic) bond motifs is 3. The summed E-state index contributed by atoms with van der Waals surface area (Å²) in [5, 5.41) is 2.38. The molecule has 0 bridgehead atoms. The minimum atomic E-state index is -0.122. The van der Waals surface area contributed by atoms with E-state index in [0.29, 0.717) is 6.61 Å². The van der Waals surface area contributed by atoms with Gasteiger partial charge in [0.15, 0.2) is 0 Å². The Balaban J connectivity index is 2.06. The Morgan fingerprint density at radius 1 is 1.29 bits per heavy atom. The van der Waals surface area contributed by atoms with Gasteiger partial charge in [-0.05, 0) is 18.4 Å². The maximum Gasteiger partial charge on any atom is 0.209 e. The monoisotopic (exact) mass is 246 g/mol. The number of benzene rings is 2. The number of hydrogen-bond acceptors (Lipinski definition) is 3. The van der Waals surface area contributed by atoms with E-state index in [1.54, 1.807) is 11.8 Å². The van der Waals surface area contributed by atoms with E-state index in [-0.39, 0.29) is 6.29 Å². The minimum Gasteiger partial charge on any atom is -0.462 e.